The van der Waals surface area contributed by atoms with Crippen LogP contribution in [0.25, 0.3) is 10.9 Å². The number of anilines is 1. The van der Waals surface area contributed by atoms with Crippen molar-refractivity contribution in [2.24, 2.45) is 0 Å². The summed E-state index contributed by atoms with van der Waals surface area (Å²) < 4.78 is 13.4. The number of hydrogen-bond acceptors (Lipinski definition) is 3. The van der Waals surface area contributed by atoms with Gasteiger partial charge >= 0.3 is 0 Å². The fourth-order valence-electron chi connectivity index (χ4n) is 1.47. The Morgan fingerprint density at radius 2 is 2.20 bits per heavy atom. The molecule has 0 radical (unpaired) electrons. The van der Waals surface area contributed by atoms with Crippen molar-refractivity contribution in [1.82, 2.24) is 9.97 Å². The third kappa shape index (κ3) is 1.56. The average Bonchev–Trinajstić information content (AvgIpc) is 2.16. The summed E-state index contributed by atoms with van der Waals surface area (Å²) in [7, 11) is 1.60. The van der Waals surface area contributed by atoms with Gasteiger partial charge in [0.25, 0.3) is 5.56 Å². The van der Waals surface area contributed by atoms with Gasteiger partial charge in [-0.25, -0.2) is 9.37 Å². The van der Waals surface area contributed by atoms with Crippen molar-refractivity contribution < 1.29 is 4.39 Å². The van der Waals surface area contributed by atoms with Crippen LogP contribution in [0.3, 0.4) is 0 Å². The van der Waals surface area contributed by atoms with Gasteiger partial charge in [0.1, 0.15) is 11.6 Å². The lowest BCUT2D eigenvalue weighted by Crippen LogP contribution is -2.10. The molecule has 0 saturated heterocycles. The molecule has 2 N–H and O–H groups in total. The van der Waals surface area contributed by atoms with Gasteiger partial charge in [0.15, 0.2) is 0 Å². The maximum atomic E-state index is 13.4. The largest absolute Gasteiger partial charge is 0.386 e. The van der Waals surface area contributed by atoms with Gasteiger partial charge in [-0.05, 0) is 13.0 Å². The molecule has 2 rings (SSSR count). The van der Waals surface area contributed by atoms with E-state index in [1.165, 1.54) is 12.1 Å². The van der Waals surface area contributed by atoms with Gasteiger partial charge in [0, 0.05) is 13.1 Å². The molecule has 0 unspecified atom stereocenters. The Kier molecular flexibility index (Phi) is 2.15. The Hall–Kier alpha value is -1.91. The first-order valence-corrected chi connectivity index (χ1v) is 4.50. The van der Waals surface area contributed by atoms with E-state index in [1.54, 1.807) is 14.0 Å². The number of aromatic nitrogens is 2. The lowest BCUT2D eigenvalue weighted by molar-refractivity contribution is 0.632. The molecule has 5 heteroatoms. The number of hydrogen-bond donors (Lipinski definition) is 2. The van der Waals surface area contributed by atoms with Gasteiger partial charge in [0.05, 0.1) is 16.6 Å². The van der Waals surface area contributed by atoms with Crippen LogP contribution in [0.2, 0.25) is 0 Å². The number of halogens is 1. The van der Waals surface area contributed by atoms with Gasteiger partial charge in [-0.1, -0.05) is 0 Å². The van der Waals surface area contributed by atoms with E-state index in [0.29, 0.717) is 22.4 Å². The Morgan fingerprint density at radius 1 is 1.47 bits per heavy atom. The van der Waals surface area contributed by atoms with E-state index in [4.69, 9.17) is 0 Å². The highest BCUT2D eigenvalue weighted by molar-refractivity contribution is 5.81. The molecule has 78 valence electrons. The summed E-state index contributed by atoms with van der Waals surface area (Å²) >= 11 is 0. The van der Waals surface area contributed by atoms with E-state index in [0.717, 1.165) is 0 Å². The predicted octanol–water partition coefficient (Wildman–Crippen LogP) is 1.41. The Labute approximate surface area is 85.2 Å². The molecule has 0 saturated carbocycles. The molecule has 0 atom stereocenters. The zero-order valence-electron chi connectivity index (χ0n) is 8.39. The highest BCUT2D eigenvalue weighted by atomic mass is 19.1. The molecule has 15 heavy (non-hydrogen) atoms. The quantitative estimate of drug-likeness (QED) is 0.743. The molecule has 0 aliphatic carbocycles. The smallest absolute Gasteiger partial charge is 0.258 e. The molecule has 0 aliphatic rings. The molecule has 2 aromatic rings. The number of nitrogens with zero attached hydrogens (tertiary/aromatic N) is 1. The molecule has 0 spiro atoms. The van der Waals surface area contributed by atoms with Crippen molar-refractivity contribution >= 4 is 16.6 Å². The normalized spacial score (nSPS) is 10.6. The number of fused-ring (bicyclic) bond motifs is 1. The van der Waals surface area contributed by atoms with Crippen molar-refractivity contribution in [3.63, 3.8) is 0 Å². The maximum Gasteiger partial charge on any atom is 0.258 e. The monoisotopic (exact) mass is 207 g/mol. The summed E-state index contributed by atoms with van der Waals surface area (Å²) in [6, 6.07) is 2.71. The molecule has 4 nitrogen and oxygen atoms in total. The molecule has 1 aromatic carbocycles. The molecule has 0 amide bonds. The summed E-state index contributed by atoms with van der Waals surface area (Å²) in [5, 5.41) is 3.05. The van der Waals surface area contributed by atoms with E-state index >= 15 is 0 Å². The number of aromatic amines is 1. The third-order valence-electron chi connectivity index (χ3n) is 2.18. The molecule has 0 fully saturated rings. The third-order valence-corrected chi connectivity index (χ3v) is 2.18. The van der Waals surface area contributed by atoms with E-state index in [-0.39, 0.29) is 5.56 Å². The summed E-state index contributed by atoms with van der Waals surface area (Å²) in [4.78, 5) is 18.1. The standard InChI is InChI=1S/C10H10FN3O/c1-5-13-8-4-7(11)9(12-2)3-6(8)10(15)14-5/h3-4,12H,1-2H3,(H,13,14,15). The maximum absolute atomic E-state index is 13.4. The van der Waals surface area contributed by atoms with Crippen molar-refractivity contribution in [3.05, 3.63) is 34.1 Å². The van der Waals surface area contributed by atoms with Crippen molar-refractivity contribution in [2.45, 2.75) is 6.92 Å². The molecule has 1 heterocycles. The second-order valence-corrected chi connectivity index (χ2v) is 3.25. The second kappa shape index (κ2) is 3.34. The number of H-pyrrole nitrogens is 1. The number of aryl methyl sites for hydroxylation is 1. The van der Waals surface area contributed by atoms with Crippen LogP contribution >= 0.6 is 0 Å². The number of benzene rings is 1. The highest BCUT2D eigenvalue weighted by Gasteiger charge is 2.07. The van der Waals surface area contributed by atoms with E-state index < -0.39 is 5.82 Å². The SMILES string of the molecule is CNc1cc2c(=O)[nH]c(C)nc2cc1F. The van der Waals surface area contributed by atoms with Crippen LogP contribution < -0.4 is 10.9 Å². The minimum Gasteiger partial charge on any atom is -0.386 e. The number of rotatable bonds is 1. The predicted molar refractivity (Wildman–Crippen MR) is 56.6 cm³/mol. The van der Waals surface area contributed by atoms with Crippen LogP contribution in [0.15, 0.2) is 16.9 Å². The average molecular weight is 207 g/mol. The molecule has 0 bridgehead atoms. The Bertz CT molecular complexity index is 577. The van der Waals surface area contributed by atoms with E-state index in [2.05, 4.69) is 15.3 Å². The van der Waals surface area contributed by atoms with Crippen molar-refractivity contribution in [1.29, 1.82) is 0 Å². The fourth-order valence-corrected chi connectivity index (χ4v) is 1.47. The van der Waals surface area contributed by atoms with Gasteiger partial charge in [0.2, 0.25) is 0 Å². The first-order valence-electron chi connectivity index (χ1n) is 4.50. The zero-order chi connectivity index (χ0) is 11.0. The number of nitrogens with one attached hydrogen (secondary N) is 2. The Morgan fingerprint density at radius 3 is 2.87 bits per heavy atom. The summed E-state index contributed by atoms with van der Waals surface area (Å²) in [5.41, 5.74) is 0.403. The molecule has 0 aliphatic heterocycles. The first-order chi connectivity index (χ1) is 7.11. The van der Waals surface area contributed by atoms with Crippen LogP contribution in [-0.4, -0.2) is 17.0 Å². The van der Waals surface area contributed by atoms with Crippen LogP contribution in [0.1, 0.15) is 5.82 Å². The highest BCUT2D eigenvalue weighted by Crippen LogP contribution is 2.18. The lowest BCUT2D eigenvalue weighted by atomic mass is 10.2. The van der Waals surface area contributed by atoms with Crippen LogP contribution in [0.4, 0.5) is 10.1 Å². The Balaban J connectivity index is 2.87. The van der Waals surface area contributed by atoms with Gasteiger partial charge in [-0.3, -0.25) is 4.79 Å². The minimum absolute atomic E-state index is 0.256. The summed E-state index contributed by atoms with van der Waals surface area (Å²) in [6.45, 7) is 1.66. The van der Waals surface area contributed by atoms with E-state index in [9.17, 15) is 9.18 Å². The topological polar surface area (TPSA) is 57.8 Å². The van der Waals surface area contributed by atoms with E-state index in [1.807, 2.05) is 0 Å². The van der Waals surface area contributed by atoms with Crippen molar-refractivity contribution in [2.75, 3.05) is 12.4 Å². The van der Waals surface area contributed by atoms with Gasteiger partial charge in [-0.15, -0.1) is 0 Å². The fraction of sp³-hybridized carbons (Fsp3) is 0.200. The minimum atomic E-state index is -0.414. The van der Waals surface area contributed by atoms with Crippen LogP contribution in [0, 0.1) is 12.7 Å². The molecular weight excluding hydrogens is 197 g/mol. The van der Waals surface area contributed by atoms with Gasteiger partial charge < -0.3 is 10.3 Å². The second-order valence-electron chi connectivity index (χ2n) is 3.25. The van der Waals surface area contributed by atoms with Crippen molar-refractivity contribution in [3.8, 4) is 0 Å². The summed E-state index contributed by atoms with van der Waals surface area (Å²) in [5.74, 6) is 0.0617. The zero-order valence-corrected chi connectivity index (χ0v) is 8.39. The van der Waals surface area contributed by atoms with Crippen LogP contribution in [-0.2, 0) is 0 Å². The lowest BCUT2D eigenvalue weighted by Gasteiger charge is -2.04. The first kappa shape index (κ1) is 9.64. The molecular formula is C10H10FN3O. The van der Waals surface area contributed by atoms with Crippen LogP contribution in [0.5, 0.6) is 0 Å². The molecule has 1 aromatic heterocycles. The summed E-state index contributed by atoms with van der Waals surface area (Å²) in [6.07, 6.45) is 0. The van der Waals surface area contributed by atoms with Gasteiger partial charge in [-0.2, -0.15) is 0 Å².